The van der Waals surface area contributed by atoms with Gasteiger partial charge in [0.2, 0.25) is 0 Å². The zero-order chi connectivity index (χ0) is 42.8. The Morgan fingerprint density at radius 2 is 1.58 bits per heavy atom. The molecule has 5 saturated carbocycles. The first kappa shape index (κ1) is 44.6. The molecule has 0 radical (unpaired) electrons. The number of benzene rings is 1. The lowest BCUT2D eigenvalue weighted by atomic mass is 9.33. The van der Waals surface area contributed by atoms with E-state index in [2.05, 4.69) is 64.4 Å². The van der Waals surface area contributed by atoms with Gasteiger partial charge in [-0.2, -0.15) is 0 Å². The number of hydrogen-bond acceptors (Lipinski definition) is 7. The predicted octanol–water partition coefficient (Wildman–Crippen LogP) is 10.4. The summed E-state index contributed by atoms with van der Waals surface area (Å²) in [6, 6.07) is 9.97. The Morgan fingerprint density at radius 1 is 0.867 bits per heavy atom. The van der Waals surface area contributed by atoms with Crippen molar-refractivity contribution in [2.45, 2.75) is 156 Å². The molecule has 334 valence electrons. The summed E-state index contributed by atoms with van der Waals surface area (Å²) < 4.78 is 36.4. The molecule has 8 rings (SSSR count). The molecule has 9 unspecified atom stereocenters. The number of carbonyl (C=O) groups is 1. The highest BCUT2D eigenvalue weighted by Gasteiger charge is 2.70. The van der Waals surface area contributed by atoms with Gasteiger partial charge in [0.05, 0.1) is 11.5 Å². The van der Waals surface area contributed by atoms with Crippen LogP contribution in [0.2, 0.25) is 0 Å². The molecular formula is C52H80N2O5S. The molecule has 1 aromatic carbocycles. The van der Waals surface area contributed by atoms with E-state index in [9.17, 15) is 13.2 Å². The van der Waals surface area contributed by atoms with Crippen LogP contribution in [0.25, 0.3) is 0 Å². The molecule has 1 aliphatic heterocycles. The third kappa shape index (κ3) is 7.63. The average molecular weight is 845 g/mol. The number of fused-ring (bicyclic) bond motifs is 7. The summed E-state index contributed by atoms with van der Waals surface area (Å²) in [6.45, 7) is 26.4. The molecule has 0 amide bonds. The van der Waals surface area contributed by atoms with Gasteiger partial charge in [0.1, 0.15) is 6.61 Å². The topological polar surface area (TPSA) is 84.9 Å². The number of hydrogen-bond donors (Lipinski definition) is 1. The van der Waals surface area contributed by atoms with Crippen molar-refractivity contribution in [2.24, 2.45) is 57.2 Å². The van der Waals surface area contributed by atoms with E-state index in [1.165, 1.54) is 63.4 Å². The molecule has 0 aromatic heterocycles. The zero-order valence-electron chi connectivity index (χ0n) is 38.6. The van der Waals surface area contributed by atoms with Gasteiger partial charge in [0.25, 0.3) is 0 Å². The van der Waals surface area contributed by atoms with E-state index in [4.69, 9.17) is 9.47 Å². The van der Waals surface area contributed by atoms with E-state index in [0.29, 0.717) is 84.1 Å². The van der Waals surface area contributed by atoms with Crippen LogP contribution in [-0.4, -0.2) is 74.7 Å². The first-order chi connectivity index (χ1) is 28.4. The quantitative estimate of drug-likeness (QED) is 0.166. The Kier molecular flexibility index (Phi) is 12.3. The van der Waals surface area contributed by atoms with E-state index >= 15 is 0 Å². The summed E-state index contributed by atoms with van der Waals surface area (Å²) in [5, 5.41) is 4.24. The summed E-state index contributed by atoms with van der Waals surface area (Å²) in [5.74, 6) is 4.26. The predicted molar refractivity (Wildman–Crippen MR) is 243 cm³/mol. The van der Waals surface area contributed by atoms with Crippen LogP contribution in [0, 0.1) is 57.2 Å². The van der Waals surface area contributed by atoms with E-state index in [1.807, 2.05) is 37.3 Å². The number of esters is 1. The number of carbonyl (C=O) groups excluding carboxylic acids is 1. The van der Waals surface area contributed by atoms with Crippen molar-refractivity contribution in [1.29, 1.82) is 0 Å². The summed E-state index contributed by atoms with van der Waals surface area (Å²) in [6.07, 6.45) is 18.9. The standard InChI is InChI=1S/C52H80N2O5S/c1-9-59-52(46(55)58-36-39-13-11-10-12-14-39)25-17-38(18-26-52)35-40-19-22-48(6)43(47(40,4)5)21-23-50(8)44(48)16-15-42-45-41(37(2)3)20-24-51(45,28-27-49(42,50)7)53-29-30-54-31-33-60(56,57)34-32-54/h10-14,19,38,41-45,53H,2,9,15-18,20-36H2,1,3-8H3. The highest BCUT2D eigenvalue weighted by molar-refractivity contribution is 7.91. The SMILES string of the molecule is C=C(C)C1CCC2(NCCN3CCS(=O)(=O)CC3)CCC3(C)C(CCC4C5(C)CC=C(CC6CCC(OCC)(C(=O)OCc7ccccc7)CC6)C(C)(C)C5CCC43C)C12. The second-order valence-electron chi connectivity index (χ2n) is 22.6. The van der Waals surface area contributed by atoms with Gasteiger partial charge in [-0.05, 0) is 166 Å². The van der Waals surface area contributed by atoms with Crippen LogP contribution in [0.1, 0.15) is 144 Å². The van der Waals surface area contributed by atoms with Gasteiger partial charge < -0.3 is 19.7 Å². The van der Waals surface area contributed by atoms with Gasteiger partial charge in [0.15, 0.2) is 15.4 Å². The van der Waals surface area contributed by atoms with Gasteiger partial charge in [-0.15, -0.1) is 0 Å². The number of ether oxygens (including phenoxy) is 2. The van der Waals surface area contributed by atoms with Crippen LogP contribution in [0.15, 0.2) is 54.1 Å². The third-order valence-electron chi connectivity index (χ3n) is 19.6. The Hall–Kier alpha value is -2.00. The van der Waals surface area contributed by atoms with Crippen molar-refractivity contribution in [1.82, 2.24) is 10.2 Å². The lowest BCUT2D eigenvalue weighted by molar-refractivity contribution is -0.221. The number of rotatable bonds is 12. The Bertz CT molecular complexity index is 1870. The van der Waals surface area contributed by atoms with Crippen LogP contribution in [-0.2, 0) is 30.7 Å². The second-order valence-corrected chi connectivity index (χ2v) is 24.9. The van der Waals surface area contributed by atoms with E-state index in [-0.39, 0.29) is 22.3 Å². The second kappa shape index (κ2) is 16.5. The zero-order valence-corrected chi connectivity index (χ0v) is 39.4. The molecule has 1 aromatic rings. The minimum absolute atomic E-state index is 0.149. The Balaban J connectivity index is 0.951. The molecular weight excluding hydrogens is 765 g/mol. The number of nitrogens with zero attached hydrogens (tertiary/aromatic N) is 1. The molecule has 60 heavy (non-hydrogen) atoms. The summed E-state index contributed by atoms with van der Waals surface area (Å²) in [5.41, 5.74) is 4.43. The van der Waals surface area contributed by atoms with E-state index in [1.54, 1.807) is 5.57 Å². The first-order valence-electron chi connectivity index (χ1n) is 24.3. The monoisotopic (exact) mass is 845 g/mol. The van der Waals surface area contributed by atoms with Gasteiger partial charge in [0, 0.05) is 38.3 Å². The van der Waals surface area contributed by atoms with Crippen molar-refractivity contribution < 1.29 is 22.7 Å². The van der Waals surface area contributed by atoms with Gasteiger partial charge >= 0.3 is 5.97 Å². The van der Waals surface area contributed by atoms with Crippen molar-refractivity contribution in [3.63, 3.8) is 0 Å². The van der Waals surface area contributed by atoms with Crippen molar-refractivity contribution in [2.75, 3.05) is 44.3 Å². The fourth-order valence-electron chi connectivity index (χ4n) is 16.1. The van der Waals surface area contributed by atoms with Gasteiger partial charge in [-0.3, -0.25) is 0 Å². The van der Waals surface area contributed by atoms with Crippen LogP contribution in [0.4, 0.5) is 0 Å². The molecule has 1 saturated heterocycles. The first-order valence-corrected chi connectivity index (χ1v) is 26.1. The fraction of sp³-hybridized carbons (Fsp3) is 0.788. The highest BCUT2D eigenvalue weighted by atomic mass is 32.2. The van der Waals surface area contributed by atoms with E-state index in [0.717, 1.165) is 50.8 Å². The summed E-state index contributed by atoms with van der Waals surface area (Å²) >= 11 is 0. The van der Waals surface area contributed by atoms with Crippen LogP contribution in [0.3, 0.4) is 0 Å². The lowest BCUT2D eigenvalue weighted by Gasteiger charge is -2.72. The molecule has 0 bridgehead atoms. The number of allylic oxidation sites excluding steroid dienone is 3. The molecule has 1 heterocycles. The molecule has 7 nitrogen and oxygen atoms in total. The molecule has 6 fully saturated rings. The number of sulfone groups is 1. The smallest absolute Gasteiger partial charge is 0.338 e. The molecule has 0 spiro atoms. The maximum atomic E-state index is 13.6. The maximum Gasteiger partial charge on any atom is 0.338 e. The lowest BCUT2D eigenvalue weighted by Crippen LogP contribution is -2.68. The van der Waals surface area contributed by atoms with Crippen LogP contribution in [0.5, 0.6) is 0 Å². The van der Waals surface area contributed by atoms with Crippen molar-refractivity contribution in [3.05, 3.63) is 59.7 Å². The normalized spacial score (nSPS) is 42.1. The van der Waals surface area contributed by atoms with Crippen LogP contribution >= 0.6 is 0 Å². The Morgan fingerprint density at radius 3 is 2.27 bits per heavy atom. The minimum atomic E-state index is -2.86. The molecule has 6 aliphatic carbocycles. The molecule has 9 atom stereocenters. The fourth-order valence-corrected chi connectivity index (χ4v) is 17.4. The molecule has 7 aliphatic rings. The van der Waals surface area contributed by atoms with Crippen molar-refractivity contribution in [3.8, 4) is 0 Å². The molecule has 8 heteroatoms. The number of nitrogens with one attached hydrogen (secondary N) is 1. The van der Waals surface area contributed by atoms with Crippen LogP contribution < -0.4 is 5.32 Å². The maximum absolute atomic E-state index is 13.6. The minimum Gasteiger partial charge on any atom is -0.459 e. The van der Waals surface area contributed by atoms with Gasteiger partial charge in [-0.1, -0.05) is 88.8 Å². The van der Waals surface area contributed by atoms with E-state index < -0.39 is 15.4 Å². The van der Waals surface area contributed by atoms with Crippen molar-refractivity contribution >= 4 is 15.8 Å². The van der Waals surface area contributed by atoms with Gasteiger partial charge in [-0.25, -0.2) is 13.2 Å². The third-order valence-corrected chi connectivity index (χ3v) is 21.2. The average Bonchev–Trinajstić information content (AvgIpc) is 3.60. The highest BCUT2D eigenvalue weighted by Crippen LogP contribution is 2.76. The summed E-state index contributed by atoms with van der Waals surface area (Å²) in [7, 11) is -2.86. The summed E-state index contributed by atoms with van der Waals surface area (Å²) in [4.78, 5) is 15.9. The Labute approximate surface area is 364 Å². The molecule has 1 N–H and O–H groups in total. The largest absolute Gasteiger partial charge is 0.459 e.